The molecule has 6 rings (SSSR count). The first-order valence-electron chi connectivity index (χ1n) is 16.2. The van der Waals surface area contributed by atoms with E-state index in [4.69, 9.17) is 14.5 Å². The van der Waals surface area contributed by atoms with Gasteiger partial charge in [-0.05, 0) is 44.0 Å². The number of hydrogen-bond acceptors (Lipinski definition) is 9. The first-order chi connectivity index (χ1) is 22.5. The fraction of sp³-hybridized carbons (Fsp3) is 0.444. The maximum absolute atomic E-state index is 13.2. The summed E-state index contributed by atoms with van der Waals surface area (Å²) >= 11 is 0. The van der Waals surface area contributed by atoms with E-state index in [0.717, 1.165) is 61.4 Å². The number of pyridine rings is 1. The van der Waals surface area contributed by atoms with Crippen molar-refractivity contribution in [3.8, 4) is 18.0 Å². The number of likely N-dealkylation sites (tertiary alicyclic amines) is 1. The molecule has 10 nitrogen and oxygen atoms in total. The molecule has 2 saturated heterocycles. The summed E-state index contributed by atoms with van der Waals surface area (Å²) in [4.78, 5) is 26.7. The first-order valence-corrected chi connectivity index (χ1v) is 16.2. The Morgan fingerprint density at radius 2 is 1.74 bits per heavy atom. The molecule has 46 heavy (non-hydrogen) atoms. The summed E-state index contributed by atoms with van der Waals surface area (Å²) in [6.45, 7) is 5.28. The van der Waals surface area contributed by atoms with Crippen LogP contribution in [-0.2, 0) is 30.9 Å². The van der Waals surface area contributed by atoms with Crippen LogP contribution >= 0.6 is 0 Å². The predicted molar refractivity (Wildman–Crippen MR) is 174 cm³/mol. The SMILES string of the molecule is CN1CCC[C@H]1COc1nc2c(c(N3CCN(C(=O)OCc4ccccc4)[C@@H](CC#N)C3)c1C#N)CCN(Cc1ccccc1)C2. The van der Waals surface area contributed by atoms with Crippen LogP contribution in [0.15, 0.2) is 60.7 Å². The van der Waals surface area contributed by atoms with Crippen molar-refractivity contribution in [2.75, 3.05) is 51.3 Å². The van der Waals surface area contributed by atoms with Crippen molar-refractivity contribution >= 4 is 11.8 Å². The summed E-state index contributed by atoms with van der Waals surface area (Å²) in [7, 11) is 2.11. The fourth-order valence-corrected chi connectivity index (χ4v) is 6.87. The molecule has 238 valence electrons. The monoisotopic (exact) mass is 619 g/mol. The van der Waals surface area contributed by atoms with Crippen molar-refractivity contribution in [2.45, 2.75) is 57.5 Å². The van der Waals surface area contributed by atoms with Gasteiger partial charge in [-0.3, -0.25) is 4.90 Å². The second kappa shape index (κ2) is 14.6. The first kappa shape index (κ1) is 31.3. The maximum atomic E-state index is 13.2. The second-order valence-corrected chi connectivity index (χ2v) is 12.4. The number of carbonyl (C=O) groups is 1. The average molecular weight is 620 g/mol. The van der Waals surface area contributed by atoms with Gasteiger partial charge in [0.1, 0.15) is 24.8 Å². The van der Waals surface area contributed by atoms with Gasteiger partial charge in [0.2, 0.25) is 5.88 Å². The summed E-state index contributed by atoms with van der Waals surface area (Å²) in [5.41, 5.74) is 5.41. The van der Waals surface area contributed by atoms with Gasteiger partial charge in [-0.15, -0.1) is 0 Å². The van der Waals surface area contributed by atoms with Crippen LogP contribution in [0, 0.1) is 22.7 Å². The number of ether oxygens (including phenoxy) is 2. The molecule has 3 aromatic rings. The van der Waals surface area contributed by atoms with Gasteiger partial charge < -0.3 is 24.2 Å². The van der Waals surface area contributed by atoms with E-state index in [1.54, 1.807) is 4.90 Å². The maximum Gasteiger partial charge on any atom is 0.410 e. The zero-order chi connectivity index (χ0) is 31.9. The van der Waals surface area contributed by atoms with E-state index in [1.807, 2.05) is 36.4 Å². The summed E-state index contributed by atoms with van der Waals surface area (Å²) in [5.74, 6) is 0.375. The van der Waals surface area contributed by atoms with Crippen LogP contribution in [-0.4, -0.2) is 84.2 Å². The highest BCUT2D eigenvalue weighted by molar-refractivity contribution is 5.72. The van der Waals surface area contributed by atoms with Crippen LogP contribution in [0.3, 0.4) is 0 Å². The van der Waals surface area contributed by atoms with E-state index in [2.05, 4.69) is 58.2 Å². The Bertz CT molecular complexity index is 1590. The standard InChI is InChI=1S/C36H41N7O3/c1-40-17-8-13-30(40)26-45-35-32(21-38)34(31-15-18-41(24-33(31)39-35)22-27-9-4-2-5-10-27)42-19-20-43(29(23-42)14-16-37)36(44)46-25-28-11-6-3-7-12-28/h2-7,9-12,29-30H,8,13-15,17-20,22-26H2,1H3/t29-,30-/m0/s1. The summed E-state index contributed by atoms with van der Waals surface area (Å²) in [6.07, 6.45) is 2.66. The van der Waals surface area contributed by atoms with Crippen LogP contribution in [0.1, 0.15) is 47.2 Å². The van der Waals surface area contributed by atoms with Crippen LogP contribution < -0.4 is 9.64 Å². The van der Waals surface area contributed by atoms with Crippen molar-refractivity contribution < 1.29 is 14.3 Å². The lowest BCUT2D eigenvalue weighted by atomic mass is 9.97. The second-order valence-electron chi connectivity index (χ2n) is 12.4. The van der Waals surface area contributed by atoms with Gasteiger partial charge in [-0.2, -0.15) is 10.5 Å². The highest BCUT2D eigenvalue weighted by atomic mass is 16.6. The molecule has 2 atom stereocenters. The molecule has 4 heterocycles. The lowest BCUT2D eigenvalue weighted by Gasteiger charge is -2.42. The van der Waals surface area contributed by atoms with E-state index < -0.39 is 6.09 Å². The number of benzene rings is 2. The number of amides is 1. The summed E-state index contributed by atoms with van der Waals surface area (Å²) in [6, 6.07) is 24.6. The normalized spacial score (nSPS) is 20.1. The molecule has 10 heteroatoms. The van der Waals surface area contributed by atoms with Crippen LogP contribution in [0.4, 0.5) is 10.5 Å². The Balaban J connectivity index is 1.27. The molecule has 0 radical (unpaired) electrons. The number of carbonyl (C=O) groups excluding carboxylic acids is 1. The van der Waals surface area contributed by atoms with E-state index in [9.17, 15) is 15.3 Å². The van der Waals surface area contributed by atoms with Gasteiger partial charge >= 0.3 is 6.09 Å². The molecule has 1 aromatic heterocycles. The molecule has 0 saturated carbocycles. The molecule has 0 unspecified atom stereocenters. The van der Waals surface area contributed by atoms with Gasteiger partial charge in [-0.25, -0.2) is 9.78 Å². The lowest BCUT2D eigenvalue weighted by Crippen LogP contribution is -2.55. The van der Waals surface area contributed by atoms with E-state index in [0.29, 0.717) is 44.2 Å². The topological polar surface area (TPSA) is 109 Å². The summed E-state index contributed by atoms with van der Waals surface area (Å²) in [5, 5.41) is 20.3. The minimum absolute atomic E-state index is 0.161. The number of nitriles is 2. The minimum atomic E-state index is -0.428. The molecular formula is C36H41N7O3. The van der Waals surface area contributed by atoms with Gasteiger partial charge in [-0.1, -0.05) is 60.7 Å². The highest BCUT2D eigenvalue weighted by Gasteiger charge is 2.36. The lowest BCUT2D eigenvalue weighted by molar-refractivity contribution is 0.0768. The molecule has 3 aliphatic heterocycles. The molecule has 2 aromatic carbocycles. The molecule has 2 fully saturated rings. The predicted octanol–water partition coefficient (Wildman–Crippen LogP) is 4.73. The smallest absolute Gasteiger partial charge is 0.410 e. The number of anilines is 1. The Labute approximate surface area is 271 Å². The Hall–Kier alpha value is -4.64. The van der Waals surface area contributed by atoms with Gasteiger partial charge in [0, 0.05) is 50.9 Å². The number of hydrogen-bond donors (Lipinski definition) is 0. The zero-order valence-corrected chi connectivity index (χ0v) is 26.5. The van der Waals surface area contributed by atoms with Crippen molar-refractivity contribution in [3.05, 3.63) is 88.6 Å². The third kappa shape index (κ3) is 7.09. The third-order valence-corrected chi connectivity index (χ3v) is 9.38. The van der Waals surface area contributed by atoms with E-state index in [1.165, 1.54) is 5.56 Å². The van der Waals surface area contributed by atoms with Crippen molar-refractivity contribution in [1.29, 1.82) is 10.5 Å². The Morgan fingerprint density at radius 1 is 0.978 bits per heavy atom. The summed E-state index contributed by atoms with van der Waals surface area (Å²) < 4.78 is 12.0. The third-order valence-electron chi connectivity index (χ3n) is 9.38. The van der Waals surface area contributed by atoms with Gasteiger partial charge in [0.25, 0.3) is 0 Å². The number of nitrogens with zero attached hydrogens (tertiary/aromatic N) is 7. The van der Waals surface area contributed by atoms with Crippen molar-refractivity contribution in [3.63, 3.8) is 0 Å². The number of fused-ring (bicyclic) bond motifs is 1. The van der Waals surface area contributed by atoms with E-state index >= 15 is 0 Å². The van der Waals surface area contributed by atoms with Crippen molar-refractivity contribution in [2.24, 2.45) is 0 Å². The van der Waals surface area contributed by atoms with Crippen LogP contribution in [0.25, 0.3) is 0 Å². The number of likely N-dealkylation sites (N-methyl/N-ethyl adjacent to an activating group) is 1. The molecule has 1 amide bonds. The minimum Gasteiger partial charge on any atom is -0.475 e. The average Bonchev–Trinajstić information content (AvgIpc) is 3.50. The highest BCUT2D eigenvalue weighted by Crippen LogP contribution is 2.38. The Morgan fingerprint density at radius 3 is 2.43 bits per heavy atom. The van der Waals surface area contributed by atoms with Gasteiger partial charge in [0.05, 0.1) is 29.9 Å². The number of piperazine rings is 1. The quantitative estimate of drug-likeness (QED) is 0.336. The Kier molecular flexibility index (Phi) is 9.97. The van der Waals surface area contributed by atoms with Crippen molar-refractivity contribution in [1.82, 2.24) is 19.7 Å². The van der Waals surface area contributed by atoms with Crippen LogP contribution in [0.5, 0.6) is 5.88 Å². The van der Waals surface area contributed by atoms with E-state index in [-0.39, 0.29) is 25.1 Å². The number of rotatable bonds is 9. The number of aromatic nitrogens is 1. The molecular weight excluding hydrogens is 578 g/mol. The van der Waals surface area contributed by atoms with Crippen LogP contribution in [0.2, 0.25) is 0 Å². The molecule has 0 spiro atoms. The zero-order valence-electron chi connectivity index (χ0n) is 26.5. The molecule has 3 aliphatic rings. The molecule has 0 aliphatic carbocycles. The molecule has 0 N–H and O–H groups in total. The van der Waals surface area contributed by atoms with Gasteiger partial charge in [0.15, 0.2) is 0 Å². The fourth-order valence-electron chi connectivity index (χ4n) is 6.87. The largest absolute Gasteiger partial charge is 0.475 e. The molecule has 0 bridgehead atoms.